The second-order valence-electron chi connectivity index (χ2n) is 6.83. The SMILES string of the molecule is CS(=O)(=O)N(CCCC(=O)NCCc1ccc(Cl)cc1)c1ccc(Cl)c(C(F)(F)F)c1. The highest BCUT2D eigenvalue weighted by molar-refractivity contribution is 7.92. The van der Waals surface area contributed by atoms with E-state index in [0.29, 0.717) is 24.1 Å². The standard InChI is InChI=1S/C20H21Cl2F3N2O3S/c1-31(29,30)27(16-8-9-18(22)17(13-16)20(23,24)25)12-2-3-19(28)26-11-10-14-4-6-15(21)7-5-14/h4-9,13H,2-3,10-12H2,1H3,(H,26,28). The zero-order valence-electron chi connectivity index (χ0n) is 16.5. The van der Waals surface area contributed by atoms with Gasteiger partial charge in [-0.25, -0.2) is 8.42 Å². The van der Waals surface area contributed by atoms with Gasteiger partial charge in [-0.1, -0.05) is 35.3 Å². The van der Waals surface area contributed by atoms with Crippen LogP contribution in [0.1, 0.15) is 24.0 Å². The fourth-order valence-corrected chi connectivity index (χ4v) is 4.15. The van der Waals surface area contributed by atoms with E-state index in [1.807, 2.05) is 12.1 Å². The molecule has 0 aliphatic heterocycles. The number of amides is 1. The molecule has 0 spiro atoms. The van der Waals surface area contributed by atoms with Gasteiger partial charge in [0.15, 0.2) is 0 Å². The summed E-state index contributed by atoms with van der Waals surface area (Å²) >= 11 is 11.4. The predicted molar refractivity (Wildman–Crippen MR) is 116 cm³/mol. The third-order valence-electron chi connectivity index (χ3n) is 4.36. The van der Waals surface area contributed by atoms with Crippen molar-refractivity contribution in [3.63, 3.8) is 0 Å². The van der Waals surface area contributed by atoms with Crippen LogP contribution in [0.5, 0.6) is 0 Å². The van der Waals surface area contributed by atoms with Crippen LogP contribution in [0.3, 0.4) is 0 Å². The first-order chi connectivity index (χ1) is 14.4. The first-order valence-corrected chi connectivity index (χ1v) is 11.8. The maximum absolute atomic E-state index is 13.1. The third-order valence-corrected chi connectivity index (χ3v) is 6.13. The van der Waals surface area contributed by atoms with E-state index >= 15 is 0 Å². The normalized spacial score (nSPS) is 11.9. The van der Waals surface area contributed by atoms with Crippen LogP contribution in [0.15, 0.2) is 42.5 Å². The number of hydrogen-bond acceptors (Lipinski definition) is 3. The quantitative estimate of drug-likeness (QED) is 0.535. The molecule has 170 valence electrons. The van der Waals surface area contributed by atoms with Crippen LogP contribution in [0, 0.1) is 0 Å². The number of nitrogens with zero attached hydrogens (tertiary/aromatic N) is 1. The van der Waals surface area contributed by atoms with E-state index in [2.05, 4.69) is 5.32 Å². The molecule has 0 unspecified atom stereocenters. The van der Waals surface area contributed by atoms with Crippen molar-refractivity contribution in [2.45, 2.75) is 25.4 Å². The molecule has 0 atom stereocenters. The number of benzene rings is 2. The minimum Gasteiger partial charge on any atom is -0.356 e. The molecule has 0 radical (unpaired) electrons. The first kappa shape index (κ1) is 25.3. The summed E-state index contributed by atoms with van der Waals surface area (Å²) in [5.41, 5.74) is -0.293. The molecule has 0 heterocycles. The van der Waals surface area contributed by atoms with Crippen molar-refractivity contribution < 1.29 is 26.4 Å². The van der Waals surface area contributed by atoms with Gasteiger partial charge in [0.1, 0.15) is 0 Å². The lowest BCUT2D eigenvalue weighted by Gasteiger charge is -2.23. The second-order valence-corrected chi connectivity index (χ2v) is 9.58. The Morgan fingerprint density at radius 2 is 1.74 bits per heavy atom. The highest BCUT2D eigenvalue weighted by Crippen LogP contribution is 2.37. The maximum atomic E-state index is 13.1. The summed E-state index contributed by atoms with van der Waals surface area (Å²) in [5.74, 6) is -0.283. The summed E-state index contributed by atoms with van der Waals surface area (Å²) in [5, 5.41) is 2.82. The van der Waals surface area contributed by atoms with Crippen molar-refractivity contribution in [2.24, 2.45) is 0 Å². The van der Waals surface area contributed by atoms with Crippen LogP contribution >= 0.6 is 23.2 Å². The Labute approximate surface area is 189 Å². The van der Waals surface area contributed by atoms with Crippen LogP contribution < -0.4 is 9.62 Å². The molecular formula is C20H21Cl2F3N2O3S. The van der Waals surface area contributed by atoms with E-state index < -0.39 is 26.8 Å². The molecule has 0 saturated heterocycles. The summed E-state index contributed by atoms with van der Waals surface area (Å²) in [6.07, 6.45) is -3.08. The number of hydrogen-bond donors (Lipinski definition) is 1. The summed E-state index contributed by atoms with van der Waals surface area (Å²) < 4.78 is 64.3. The molecule has 31 heavy (non-hydrogen) atoms. The molecule has 0 fully saturated rings. The highest BCUT2D eigenvalue weighted by atomic mass is 35.5. The van der Waals surface area contributed by atoms with E-state index in [0.717, 1.165) is 22.2 Å². The molecule has 0 aliphatic rings. The molecular weight excluding hydrogens is 476 g/mol. The van der Waals surface area contributed by atoms with E-state index in [9.17, 15) is 26.4 Å². The van der Waals surface area contributed by atoms with Gasteiger partial charge in [-0.15, -0.1) is 0 Å². The fourth-order valence-electron chi connectivity index (χ4n) is 2.84. The number of alkyl halides is 3. The summed E-state index contributed by atoms with van der Waals surface area (Å²) in [7, 11) is -3.87. The number of halogens is 5. The minimum absolute atomic E-state index is 0.0202. The zero-order valence-corrected chi connectivity index (χ0v) is 18.9. The highest BCUT2D eigenvalue weighted by Gasteiger charge is 2.34. The lowest BCUT2D eigenvalue weighted by molar-refractivity contribution is -0.137. The number of carbonyl (C=O) groups excluding carboxylic acids is 1. The maximum Gasteiger partial charge on any atom is 0.417 e. The molecule has 0 aliphatic carbocycles. The van der Waals surface area contributed by atoms with Crippen molar-refractivity contribution in [2.75, 3.05) is 23.7 Å². The zero-order chi connectivity index (χ0) is 23.2. The largest absolute Gasteiger partial charge is 0.417 e. The monoisotopic (exact) mass is 496 g/mol. The number of carbonyl (C=O) groups is 1. The Morgan fingerprint density at radius 1 is 1.10 bits per heavy atom. The Kier molecular flexibility index (Phi) is 8.62. The lowest BCUT2D eigenvalue weighted by atomic mass is 10.1. The number of sulfonamides is 1. The molecule has 2 aromatic carbocycles. The van der Waals surface area contributed by atoms with E-state index in [1.165, 1.54) is 6.07 Å². The predicted octanol–water partition coefficient (Wildman–Crippen LogP) is 4.92. The van der Waals surface area contributed by atoms with Gasteiger partial charge >= 0.3 is 6.18 Å². The lowest BCUT2D eigenvalue weighted by Crippen LogP contribution is -2.32. The molecule has 2 rings (SSSR count). The van der Waals surface area contributed by atoms with Gasteiger partial charge in [0, 0.05) is 24.5 Å². The molecule has 0 saturated carbocycles. The number of anilines is 1. The van der Waals surface area contributed by atoms with E-state index in [1.54, 1.807) is 12.1 Å². The van der Waals surface area contributed by atoms with Gasteiger partial charge in [0.25, 0.3) is 0 Å². The third kappa shape index (κ3) is 7.90. The molecule has 5 nitrogen and oxygen atoms in total. The van der Waals surface area contributed by atoms with Crippen LogP contribution in [-0.4, -0.2) is 33.7 Å². The summed E-state index contributed by atoms with van der Waals surface area (Å²) in [6, 6.07) is 10.1. The van der Waals surface area contributed by atoms with Crippen molar-refractivity contribution in [3.05, 3.63) is 63.6 Å². The van der Waals surface area contributed by atoms with Gasteiger partial charge in [-0.05, 0) is 48.7 Å². The van der Waals surface area contributed by atoms with E-state index in [4.69, 9.17) is 23.2 Å². The smallest absolute Gasteiger partial charge is 0.356 e. The fraction of sp³-hybridized carbons (Fsp3) is 0.350. The average molecular weight is 497 g/mol. The van der Waals surface area contributed by atoms with Gasteiger partial charge in [0.2, 0.25) is 15.9 Å². The van der Waals surface area contributed by atoms with E-state index in [-0.39, 0.29) is 31.0 Å². The summed E-state index contributed by atoms with van der Waals surface area (Å²) in [6.45, 7) is 0.241. The molecule has 1 amide bonds. The van der Waals surface area contributed by atoms with Gasteiger partial charge in [0.05, 0.1) is 22.5 Å². The van der Waals surface area contributed by atoms with Crippen LogP contribution in [0.2, 0.25) is 10.0 Å². The minimum atomic E-state index is -4.72. The Bertz CT molecular complexity index is 1010. The second kappa shape index (κ2) is 10.6. The van der Waals surface area contributed by atoms with Gasteiger partial charge < -0.3 is 5.32 Å². The molecule has 1 N–H and O–H groups in total. The topological polar surface area (TPSA) is 66.5 Å². The molecule has 0 aromatic heterocycles. The summed E-state index contributed by atoms with van der Waals surface area (Å²) in [4.78, 5) is 12.0. The average Bonchev–Trinajstić information content (AvgIpc) is 2.66. The van der Waals surface area contributed by atoms with Crippen molar-refractivity contribution in [3.8, 4) is 0 Å². The van der Waals surface area contributed by atoms with Crippen molar-refractivity contribution in [1.29, 1.82) is 0 Å². The Morgan fingerprint density at radius 3 is 2.32 bits per heavy atom. The van der Waals surface area contributed by atoms with Crippen LogP contribution in [-0.2, 0) is 27.4 Å². The van der Waals surface area contributed by atoms with Gasteiger partial charge in [-0.2, -0.15) is 13.2 Å². The van der Waals surface area contributed by atoms with Crippen LogP contribution in [0.25, 0.3) is 0 Å². The number of rotatable bonds is 9. The number of nitrogens with one attached hydrogen (secondary N) is 1. The van der Waals surface area contributed by atoms with Crippen LogP contribution in [0.4, 0.5) is 18.9 Å². The molecule has 0 bridgehead atoms. The Hall–Kier alpha value is -1.97. The Balaban J connectivity index is 1.94. The van der Waals surface area contributed by atoms with Crippen molar-refractivity contribution in [1.82, 2.24) is 5.32 Å². The first-order valence-electron chi connectivity index (χ1n) is 9.23. The van der Waals surface area contributed by atoms with Crippen molar-refractivity contribution >= 4 is 44.8 Å². The van der Waals surface area contributed by atoms with Gasteiger partial charge in [-0.3, -0.25) is 9.10 Å². The molecule has 2 aromatic rings. The molecule has 11 heteroatoms.